The highest BCUT2D eigenvalue weighted by Crippen LogP contribution is 2.49. The third-order valence-corrected chi connectivity index (χ3v) is 11.3. The number of hydrogen-bond donors (Lipinski definition) is 0. The molecule has 0 atom stereocenters. The monoisotopic (exact) mass is 822 g/mol. The molecule has 6 rings (SSSR count). The molecule has 4 nitrogen and oxygen atoms in total. The van der Waals surface area contributed by atoms with Crippen molar-refractivity contribution in [3.63, 3.8) is 0 Å². The summed E-state index contributed by atoms with van der Waals surface area (Å²) in [5.74, 6) is 4.08. The zero-order valence-corrected chi connectivity index (χ0v) is 33.8. The van der Waals surface area contributed by atoms with Crippen molar-refractivity contribution in [1.82, 2.24) is 0 Å². The number of fused-ring (bicyclic) bond motifs is 2. The predicted octanol–water partition coefficient (Wildman–Crippen LogP) is 14.0. The zero-order valence-electron chi connectivity index (χ0n) is 30.6. The molecule has 6 aromatic rings. The first kappa shape index (κ1) is 37.7. The number of benzene rings is 6. The quantitative estimate of drug-likeness (QED) is 0.0918. The molecule has 0 bridgehead atoms. The summed E-state index contributed by atoms with van der Waals surface area (Å²) < 4.78 is 28.4. The Bertz CT molecular complexity index is 1920. The Hall–Kier alpha value is -4.00. The van der Waals surface area contributed by atoms with Gasteiger partial charge in [0.1, 0.15) is 36.2 Å². The van der Waals surface area contributed by atoms with Crippen LogP contribution in [0.5, 0.6) is 23.0 Å². The third-order valence-electron chi connectivity index (χ3n) is 10.1. The van der Waals surface area contributed by atoms with Crippen molar-refractivity contribution in [1.29, 1.82) is 0 Å². The molecule has 52 heavy (non-hydrogen) atoms. The van der Waals surface area contributed by atoms with Gasteiger partial charge in [-0.05, 0) is 113 Å². The van der Waals surface area contributed by atoms with E-state index in [0.717, 1.165) is 101 Å². The van der Waals surface area contributed by atoms with Gasteiger partial charge in [0.25, 0.3) is 0 Å². The molecule has 0 fully saturated rings. The van der Waals surface area contributed by atoms with E-state index in [0.29, 0.717) is 38.3 Å². The Labute approximate surface area is 325 Å². The Balaban J connectivity index is 1.57. The summed E-state index contributed by atoms with van der Waals surface area (Å²) in [7, 11) is 0. The fourth-order valence-electron chi connectivity index (χ4n) is 6.52. The molecule has 0 saturated heterocycles. The van der Waals surface area contributed by atoms with Crippen molar-refractivity contribution in [2.75, 3.05) is 13.2 Å². The smallest absolute Gasteiger partial charge is 0.134 e. The fourth-order valence-corrected chi connectivity index (χ4v) is 7.47. The summed E-state index contributed by atoms with van der Waals surface area (Å²) in [6.07, 6.45) is 4.21. The van der Waals surface area contributed by atoms with Gasteiger partial charge in [-0.1, -0.05) is 126 Å². The van der Waals surface area contributed by atoms with E-state index in [9.17, 15) is 0 Å². The Morgan fingerprint density at radius 3 is 1.19 bits per heavy atom. The lowest BCUT2D eigenvalue weighted by atomic mass is 9.91. The molecule has 0 aliphatic rings. The van der Waals surface area contributed by atoms with Crippen LogP contribution in [0.2, 0.25) is 0 Å². The molecular weight excluding hydrogens is 776 g/mol. The SMILES string of the molecule is CCC(CC)COc1ccc2cc(Br)c(OCc3ccccc3)cc2c1-c1c(OCC(CC)CC)ccc2cc(Br)c(OCc3ccccc3)cc12. The second-order valence-electron chi connectivity index (χ2n) is 13.4. The summed E-state index contributed by atoms with van der Waals surface area (Å²) in [5, 5.41) is 4.21. The van der Waals surface area contributed by atoms with Gasteiger partial charge in [0, 0.05) is 11.1 Å². The van der Waals surface area contributed by atoms with Gasteiger partial charge in [0.2, 0.25) is 0 Å². The number of halogens is 2. The first-order valence-electron chi connectivity index (χ1n) is 18.5. The lowest BCUT2D eigenvalue weighted by molar-refractivity contribution is 0.239. The largest absolute Gasteiger partial charge is 0.493 e. The minimum Gasteiger partial charge on any atom is -0.493 e. The predicted molar refractivity (Wildman–Crippen MR) is 223 cm³/mol. The summed E-state index contributed by atoms with van der Waals surface area (Å²) in [6, 6.07) is 37.6. The molecular formula is C46H48Br2O4. The Kier molecular flexibility index (Phi) is 13.2. The molecule has 0 heterocycles. The molecule has 6 aromatic carbocycles. The van der Waals surface area contributed by atoms with Gasteiger partial charge in [-0.3, -0.25) is 0 Å². The topological polar surface area (TPSA) is 36.9 Å². The summed E-state index contributed by atoms with van der Waals surface area (Å²) in [4.78, 5) is 0. The first-order valence-corrected chi connectivity index (χ1v) is 20.1. The van der Waals surface area contributed by atoms with Crippen molar-refractivity contribution < 1.29 is 18.9 Å². The van der Waals surface area contributed by atoms with Crippen LogP contribution in [0.4, 0.5) is 0 Å². The van der Waals surface area contributed by atoms with Crippen LogP contribution < -0.4 is 18.9 Å². The van der Waals surface area contributed by atoms with Crippen molar-refractivity contribution in [2.45, 2.75) is 66.6 Å². The highest BCUT2D eigenvalue weighted by Gasteiger charge is 2.23. The molecule has 0 radical (unpaired) electrons. The molecule has 0 unspecified atom stereocenters. The van der Waals surface area contributed by atoms with Crippen LogP contribution in [0.3, 0.4) is 0 Å². The average molecular weight is 825 g/mol. The standard InChI is InChI=1S/C46H48Br2O4/c1-5-31(6-2)27-49-41-21-19-35-23-39(47)43(51-29-33-15-11-9-12-16-33)25-37(35)45(41)46-38-26-44(52-30-34-17-13-10-14-18-34)40(48)24-36(38)20-22-42(46)50-28-32(7-3)8-4/h9-26,31-32H,5-8,27-30H2,1-4H3. The molecule has 0 aliphatic carbocycles. The van der Waals surface area contributed by atoms with E-state index in [-0.39, 0.29) is 0 Å². The van der Waals surface area contributed by atoms with Crippen LogP contribution in [0.15, 0.2) is 118 Å². The van der Waals surface area contributed by atoms with E-state index in [1.165, 1.54) is 0 Å². The average Bonchev–Trinajstić information content (AvgIpc) is 3.18. The molecule has 6 heteroatoms. The van der Waals surface area contributed by atoms with E-state index >= 15 is 0 Å². The van der Waals surface area contributed by atoms with Gasteiger partial charge in [0.05, 0.1) is 22.2 Å². The molecule has 0 saturated carbocycles. The normalized spacial score (nSPS) is 11.5. The number of rotatable bonds is 17. The van der Waals surface area contributed by atoms with E-state index in [4.69, 9.17) is 18.9 Å². The highest BCUT2D eigenvalue weighted by atomic mass is 79.9. The summed E-state index contributed by atoms with van der Waals surface area (Å²) >= 11 is 7.64. The second-order valence-corrected chi connectivity index (χ2v) is 15.1. The number of ether oxygens (including phenoxy) is 4. The Morgan fingerprint density at radius 1 is 0.442 bits per heavy atom. The molecule has 0 spiro atoms. The van der Waals surface area contributed by atoms with Gasteiger partial charge in [-0.2, -0.15) is 0 Å². The van der Waals surface area contributed by atoms with E-state index in [1.807, 2.05) is 36.4 Å². The van der Waals surface area contributed by atoms with Crippen LogP contribution in [0, 0.1) is 11.8 Å². The Morgan fingerprint density at radius 2 is 0.827 bits per heavy atom. The second kappa shape index (κ2) is 18.2. The molecule has 0 amide bonds. The first-order chi connectivity index (χ1) is 25.4. The third kappa shape index (κ3) is 8.95. The fraction of sp³-hybridized carbons (Fsp3) is 0.304. The van der Waals surface area contributed by atoms with Crippen molar-refractivity contribution in [3.05, 3.63) is 129 Å². The number of hydrogen-bond acceptors (Lipinski definition) is 4. The van der Waals surface area contributed by atoms with Gasteiger partial charge in [-0.15, -0.1) is 0 Å². The minimum absolute atomic E-state index is 0.449. The molecule has 270 valence electrons. The summed E-state index contributed by atoms with van der Waals surface area (Å²) in [5.41, 5.74) is 4.19. The van der Waals surface area contributed by atoms with Crippen molar-refractivity contribution in [3.8, 4) is 34.1 Å². The van der Waals surface area contributed by atoms with Crippen LogP contribution >= 0.6 is 31.9 Å². The van der Waals surface area contributed by atoms with Crippen molar-refractivity contribution in [2.24, 2.45) is 11.8 Å². The summed E-state index contributed by atoms with van der Waals surface area (Å²) in [6.45, 7) is 11.1. The van der Waals surface area contributed by atoms with Gasteiger partial charge in [-0.25, -0.2) is 0 Å². The van der Waals surface area contributed by atoms with Crippen LogP contribution in [-0.4, -0.2) is 13.2 Å². The highest BCUT2D eigenvalue weighted by molar-refractivity contribution is 9.11. The van der Waals surface area contributed by atoms with Crippen LogP contribution in [0.1, 0.15) is 64.5 Å². The molecule has 0 aromatic heterocycles. The molecule has 0 N–H and O–H groups in total. The van der Waals surface area contributed by atoms with Gasteiger partial charge >= 0.3 is 0 Å². The molecule has 0 aliphatic heterocycles. The van der Waals surface area contributed by atoms with Gasteiger partial charge in [0.15, 0.2) is 0 Å². The van der Waals surface area contributed by atoms with Crippen LogP contribution in [-0.2, 0) is 13.2 Å². The maximum atomic E-state index is 6.83. The van der Waals surface area contributed by atoms with Crippen molar-refractivity contribution >= 4 is 53.4 Å². The van der Waals surface area contributed by atoms with Gasteiger partial charge < -0.3 is 18.9 Å². The lowest BCUT2D eigenvalue weighted by Crippen LogP contribution is -2.12. The maximum absolute atomic E-state index is 6.83. The van der Waals surface area contributed by atoms with E-state index in [2.05, 4.69) is 132 Å². The zero-order chi connectivity index (χ0) is 36.5. The minimum atomic E-state index is 0.449. The van der Waals surface area contributed by atoms with E-state index in [1.54, 1.807) is 0 Å². The maximum Gasteiger partial charge on any atom is 0.134 e. The van der Waals surface area contributed by atoms with E-state index < -0.39 is 0 Å². The lowest BCUT2D eigenvalue weighted by Gasteiger charge is -2.23. The van der Waals surface area contributed by atoms with Crippen LogP contribution in [0.25, 0.3) is 32.7 Å².